The quantitative estimate of drug-likeness (QED) is 0.803. The predicted molar refractivity (Wildman–Crippen MR) is 76.1 cm³/mol. The van der Waals surface area contributed by atoms with Gasteiger partial charge in [0, 0.05) is 16.0 Å². The second kappa shape index (κ2) is 6.04. The molecular formula is C15H10BrNO. The van der Waals surface area contributed by atoms with Crippen LogP contribution in [0.5, 0.6) is 0 Å². The molecule has 0 aliphatic heterocycles. The van der Waals surface area contributed by atoms with Crippen molar-refractivity contribution in [3.63, 3.8) is 0 Å². The summed E-state index contributed by atoms with van der Waals surface area (Å²) in [6.07, 6.45) is 0. The summed E-state index contributed by atoms with van der Waals surface area (Å²) >= 11 is 3.36. The van der Waals surface area contributed by atoms with Crippen molar-refractivity contribution in [3.05, 3.63) is 64.6 Å². The van der Waals surface area contributed by atoms with Crippen LogP contribution in [-0.2, 0) is 4.79 Å². The number of halogens is 1. The summed E-state index contributed by atoms with van der Waals surface area (Å²) in [6.45, 7) is 0. The highest BCUT2D eigenvalue weighted by Crippen LogP contribution is 2.20. The molecule has 18 heavy (non-hydrogen) atoms. The molecule has 0 spiro atoms. The van der Waals surface area contributed by atoms with E-state index in [9.17, 15) is 4.79 Å². The molecule has 0 fully saturated rings. The lowest BCUT2D eigenvalue weighted by molar-refractivity contribution is -0.111. The van der Waals surface area contributed by atoms with Crippen molar-refractivity contribution in [1.29, 1.82) is 0 Å². The van der Waals surface area contributed by atoms with Crippen molar-refractivity contribution in [2.75, 3.05) is 5.32 Å². The van der Waals surface area contributed by atoms with E-state index >= 15 is 0 Å². The van der Waals surface area contributed by atoms with Crippen LogP contribution in [0.2, 0.25) is 0 Å². The SMILES string of the molecule is O=C(C#Cc1ccccc1)Nc1ccccc1Br. The third-order valence-corrected chi connectivity index (χ3v) is 2.91. The monoisotopic (exact) mass is 299 g/mol. The number of benzene rings is 2. The topological polar surface area (TPSA) is 29.1 Å². The van der Waals surface area contributed by atoms with Crippen molar-refractivity contribution in [2.24, 2.45) is 0 Å². The molecule has 0 aromatic heterocycles. The Hall–Kier alpha value is -2.05. The Bertz CT molecular complexity index is 611. The molecule has 0 aliphatic rings. The third kappa shape index (κ3) is 3.47. The van der Waals surface area contributed by atoms with Gasteiger partial charge in [0.05, 0.1) is 5.69 Å². The zero-order valence-corrected chi connectivity index (χ0v) is 11.1. The average Bonchev–Trinajstić information content (AvgIpc) is 2.40. The molecule has 3 heteroatoms. The van der Waals surface area contributed by atoms with E-state index in [-0.39, 0.29) is 5.91 Å². The van der Waals surface area contributed by atoms with E-state index in [1.165, 1.54) is 0 Å². The minimum absolute atomic E-state index is 0.328. The van der Waals surface area contributed by atoms with Crippen LogP contribution in [0.25, 0.3) is 0 Å². The maximum absolute atomic E-state index is 11.6. The number of para-hydroxylation sites is 1. The van der Waals surface area contributed by atoms with Gasteiger partial charge >= 0.3 is 5.91 Å². The smallest absolute Gasteiger partial charge is 0.300 e. The van der Waals surface area contributed by atoms with Crippen molar-refractivity contribution in [1.82, 2.24) is 0 Å². The minimum Gasteiger partial charge on any atom is -0.314 e. The molecule has 2 rings (SSSR count). The largest absolute Gasteiger partial charge is 0.314 e. The Labute approximate surface area is 114 Å². The second-order valence-corrected chi connectivity index (χ2v) is 4.40. The second-order valence-electron chi connectivity index (χ2n) is 3.55. The van der Waals surface area contributed by atoms with Gasteiger partial charge in [-0.15, -0.1) is 0 Å². The van der Waals surface area contributed by atoms with Gasteiger partial charge < -0.3 is 5.32 Å². The highest BCUT2D eigenvalue weighted by molar-refractivity contribution is 9.10. The average molecular weight is 300 g/mol. The van der Waals surface area contributed by atoms with Gasteiger partial charge in [-0.2, -0.15) is 0 Å². The van der Waals surface area contributed by atoms with E-state index < -0.39 is 0 Å². The summed E-state index contributed by atoms with van der Waals surface area (Å²) in [5.74, 6) is 5.03. The Morgan fingerprint density at radius 2 is 1.67 bits per heavy atom. The van der Waals surface area contributed by atoms with Crippen molar-refractivity contribution >= 4 is 27.5 Å². The van der Waals surface area contributed by atoms with Gasteiger partial charge in [-0.25, -0.2) is 0 Å². The number of hydrogen-bond acceptors (Lipinski definition) is 1. The number of carbonyl (C=O) groups is 1. The standard InChI is InChI=1S/C15H10BrNO/c16-13-8-4-5-9-14(13)17-15(18)11-10-12-6-2-1-3-7-12/h1-9H,(H,17,18). The summed E-state index contributed by atoms with van der Waals surface area (Å²) in [7, 11) is 0. The Balaban J connectivity index is 2.07. The van der Waals surface area contributed by atoms with E-state index in [4.69, 9.17) is 0 Å². The normalized spacial score (nSPS) is 9.17. The van der Waals surface area contributed by atoms with Gasteiger partial charge in [-0.3, -0.25) is 4.79 Å². The molecule has 0 heterocycles. The third-order valence-electron chi connectivity index (χ3n) is 2.22. The summed E-state index contributed by atoms with van der Waals surface area (Å²) < 4.78 is 0.833. The van der Waals surface area contributed by atoms with Gasteiger partial charge in [0.1, 0.15) is 0 Å². The summed E-state index contributed by atoms with van der Waals surface area (Å²) in [4.78, 5) is 11.6. The van der Waals surface area contributed by atoms with E-state index in [2.05, 4.69) is 33.1 Å². The highest BCUT2D eigenvalue weighted by atomic mass is 79.9. The van der Waals surface area contributed by atoms with Crippen LogP contribution in [-0.4, -0.2) is 5.91 Å². The lowest BCUT2D eigenvalue weighted by Gasteiger charge is -2.02. The van der Waals surface area contributed by atoms with Crippen LogP contribution in [0.15, 0.2) is 59.1 Å². The van der Waals surface area contributed by atoms with Gasteiger partial charge in [0.2, 0.25) is 0 Å². The van der Waals surface area contributed by atoms with Gasteiger partial charge in [0.25, 0.3) is 0 Å². The van der Waals surface area contributed by atoms with Crippen molar-refractivity contribution in [3.8, 4) is 11.8 Å². The van der Waals surface area contributed by atoms with Crippen molar-refractivity contribution in [2.45, 2.75) is 0 Å². The Morgan fingerprint density at radius 3 is 2.39 bits per heavy atom. The summed E-state index contributed by atoms with van der Waals surface area (Å²) in [5.41, 5.74) is 1.53. The van der Waals surface area contributed by atoms with Crippen LogP contribution in [0.3, 0.4) is 0 Å². The Morgan fingerprint density at radius 1 is 1.00 bits per heavy atom. The lowest BCUT2D eigenvalue weighted by Crippen LogP contribution is -2.08. The predicted octanol–water partition coefficient (Wildman–Crippen LogP) is 3.44. The van der Waals surface area contributed by atoms with Crippen LogP contribution < -0.4 is 5.32 Å². The zero-order chi connectivity index (χ0) is 12.8. The van der Waals surface area contributed by atoms with Crippen molar-refractivity contribution < 1.29 is 4.79 Å². The van der Waals surface area contributed by atoms with E-state index in [0.717, 1.165) is 10.0 Å². The van der Waals surface area contributed by atoms with E-state index in [1.54, 1.807) is 0 Å². The molecular weight excluding hydrogens is 290 g/mol. The first-order valence-corrected chi connectivity index (χ1v) is 6.17. The number of rotatable bonds is 1. The summed E-state index contributed by atoms with van der Waals surface area (Å²) in [5, 5.41) is 2.72. The minimum atomic E-state index is -0.328. The maximum Gasteiger partial charge on any atom is 0.300 e. The molecule has 0 aliphatic carbocycles. The van der Waals surface area contributed by atoms with Crippen LogP contribution >= 0.6 is 15.9 Å². The number of nitrogens with one attached hydrogen (secondary N) is 1. The molecule has 0 atom stereocenters. The number of amides is 1. The first-order chi connectivity index (χ1) is 8.75. The molecule has 0 unspecified atom stereocenters. The number of anilines is 1. The molecule has 2 aromatic rings. The molecule has 1 amide bonds. The first kappa shape index (κ1) is 12.4. The highest BCUT2D eigenvalue weighted by Gasteiger charge is 2.00. The fraction of sp³-hybridized carbons (Fsp3) is 0. The number of hydrogen-bond donors (Lipinski definition) is 1. The maximum atomic E-state index is 11.6. The number of carbonyl (C=O) groups excluding carboxylic acids is 1. The fourth-order valence-electron chi connectivity index (χ4n) is 1.37. The molecule has 2 aromatic carbocycles. The van der Waals surface area contributed by atoms with Gasteiger partial charge in [0.15, 0.2) is 0 Å². The molecule has 0 bridgehead atoms. The molecule has 88 valence electrons. The molecule has 2 nitrogen and oxygen atoms in total. The van der Waals surface area contributed by atoms with Crippen LogP contribution in [0, 0.1) is 11.8 Å². The van der Waals surface area contributed by atoms with Gasteiger partial charge in [-0.1, -0.05) is 36.3 Å². The fourth-order valence-corrected chi connectivity index (χ4v) is 1.75. The zero-order valence-electron chi connectivity index (χ0n) is 9.48. The van der Waals surface area contributed by atoms with E-state index in [0.29, 0.717) is 5.69 Å². The Kier molecular flexibility index (Phi) is 4.16. The first-order valence-electron chi connectivity index (χ1n) is 5.38. The molecule has 0 saturated heterocycles. The summed E-state index contributed by atoms with van der Waals surface area (Å²) in [6, 6.07) is 16.8. The van der Waals surface area contributed by atoms with Crippen LogP contribution in [0.4, 0.5) is 5.69 Å². The van der Waals surface area contributed by atoms with Gasteiger partial charge in [-0.05, 0) is 40.2 Å². The van der Waals surface area contributed by atoms with E-state index in [1.807, 2.05) is 54.6 Å². The lowest BCUT2D eigenvalue weighted by atomic mass is 10.2. The molecule has 0 radical (unpaired) electrons. The molecule has 0 saturated carbocycles. The van der Waals surface area contributed by atoms with Crippen LogP contribution in [0.1, 0.15) is 5.56 Å². The molecule has 1 N–H and O–H groups in total.